The monoisotopic (exact) mass is 255 g/mol. The summed E-state index contributed by atoms with van der Waals surface area (Å²) in [5, 5.41) is 1.81. The van der Waals surface area contributed by atoms with Gasteiger partial charge in [0.2, 0.25) is 0 Å². The van der Waals surface area contributed by atoms with E-state index in [0.29, 0.717) is 5.02 Å². The molecule has 0 bridgehead atoms. The largest absolute Gasteiger partial charge is 0.253 e. The van der Waals surface area contributed by atoms with Crippen molar-refractivity contribution in [3.05, 3.63) is 39.5 Å². The molecule has 0 aliphatic heterocycles. The topological polar surface area (TPSA) is 12.9 Å². The van der Waals surface area contributed by atoms with E-state index < -0.39 is 0 Å². The molecule has 0 amide bonds. The van der Waals surface area contributed by atoms with Crippen LogP contribution < -0.4 is 0 Å². The number of aromatic nitrogens is 1. The Morgan fingerprint density at radius 1 is 1.38 bits per heavy atom. The predicted octanol–water partition coefficient (Wildman–Crippen LogP) is 3.96. The van der Waals surface area contributed by atoms with Gasteiger partial charge in [0.25, 0.3) is 0 Å². The molecule has 2 aromatic rings. The number of hydrogen-bond donors (Lipinski definition) is 0. The maximum atomic E-state index is 5.96. The Labute approximate surface area is 89.9 Å². The molecule has 1 aromatic carbocycles. The minimum absolute atomic E-state index is 0.714. The van der Waals surface area contributed by atoms with Gasteiger partial charge in [-0.15, -0.1) is 0 Å². The number of rotatable bonds is 0. The molecule has 66 valence electrons. The number of halogens is 2. The van der Waals surface area contributed by atoms with Crippen LogP contribution in [0, 0.1) is 6.92 Å². The van der Waals surface area contributed by atoms with Gasteiger partial charge in [-0.25, -0.2) is 0 Å². The van der Waals surface area contributed by atoms with Gasteiger partial charge in [-0.05, 0) is 34.5 Å². The zero-order valence-corrected chi connectivity index (χ0v) is 9.35. The van der Waals surface area contributed by atoms with E-state index in [4.69, 9.17) is 11.6 Å². The molecule has 0 saturated heterocycles. The van der Waals surface area contributed by atoms with Crippen LogP contribution in [0.25, 0.3) is 10.9 Å². The maximum absolute atomic E-state index is 5.96. The third-order valence-electron chi connectivity index (χ3n) is 2.06. The summed E-state index contributed by atoms with van der Waals surface area (Å²) in [4.78, 5) is 4.26. The second-order valence-electron chi connectivity index (χ2n) is 2.87. The van der Waals surface area contributed by atoms with Crippen LogP contribution in [0.2, 0.25) is 5.02 Å². The molecule has 1 aromatic heterocycles. The van der Waals surface area contributed by atoms with Crippen LogP contribution in [0.1, 0.15) is 5.56 Å². The molecule has 3 heteroatoms. The van der Waals surface area contributed by atoms with Crippen molar-refractivity contribution in [2.75, 3.05) is 0 Å². The van der Waals surface area contributed by atoms with Crippen LogP contribution in [-0.2, 0) is 0 Å². The molecule has 0 fully saturated rings. The van der Waals surface area contributed by atoms with Gasteiger partial charge in [-0.1, -0.05) is 23.7 Å². The Bertz CT molecular complexity index is 468. The van der Waals surface area contributed by atoms with E-state index in [1.54, 1.807) is 6.20 Å². The highest BCUT2D eigenvalue weighted by Crippen LogP contribution is 2.27. The van der Waals surface area contributed by atoms with Crippen molar-refractivity contribution in [1.29, 1.82) is 0 Å². The van der Waals surface area contributed by atoms with Gasteiger partial charge < -0.3 is 0 Å². The smallest absolute Gasteiger partial charge is 0.0847 e. The fourth-order valence-corrected chi connectivity index (χ4v) is 1.92. The first-order valence-electron chi connectivity index (χ1n) is 3.89. The maximum Gasteiger partial charge on any atom is 0.0847 e. The van der Waals surface area contributed by atoms with Gasteiger partial charge in [0, 0.05) is 16.1 Å². The molecule has 0 spiro atoms. The molecule has 0 atom stereocenters. The minimum Gasteiger partial charge on any atom is -0.253 e. The van der Waals surface area contributed by atoms with Crippen LogP contribution >= 0.6 is 27.5 Å². The summed E-state index contributed by atoms with van der Waals surface area (Å²) in [6.45, 7) is 2.00. The Kier molecular flexibility index (Phi) is 2.26. The van der Waals surface area contributed by atoms with Crippen molar-refractivity contribution in [1.82, 2.24) is 4.98 Å². The lowest BCUT2D eigenvalue weighted by Gasteiger charge is -2.04. The van der Waals surface area contributed by atoms with E-state index in [2.05, 4.69) is 20.9 Å². The number of para-hydroxylation sites is 1. The zero-order valence-electron chi connectivity index (χ0n) is 7.01. The van der Waals surface area contributed by atoms with E-state index in [-0.39, 0.29) is 0 Å². The number of fused-ring (bicyclic) bond motifs is 1. The van der Waals surface area contributed by atoms with Crippen molar-refractivity contribution in [3.8, 4) is 0 Å². The second kappa shape index (κ2) is 3.28. The highest BCUT2D eigenvalue weighted by atomic mass is 79.9. The molecule has 1 heterocycles. The van der Waals surface area contributed by atoms with Gasteiger partial charge in [0.05, 0.1) is 10.5 Å². The van der Waals surface area contributed by atoms with Crippen LogP contribution in [-0.4, -0.2) is 4.98 Å². The fraction of sp³-hybridized carbons (Fsp3) is 0.100. The number of nitrogens with zero attached hydrogens (tertiary/aromatic N) is 1. The molecule has 0 radical (unpaired) electrons. The average molecular weight is 257 g/mol. The highest BCUT2D eigenvalue weighted by molar-refractivity contribution is 9.10. The summed E-state index contributed by atoms with van der Waals surface area (Å²) in [5.74, 6) is 0. The third-order valence-corrected chi connectivity index (χ3v) is 3.08. The molecule has 2 rings (SSSR count). The molecule has 0 N–H and O–H groups in total. The molecule has 0 unspecified atom stereocenters. The Balaban J connectivity index is 2.94. The Morgan fingerprint density at radius 2 is 2.15 bits per heavy atom. The molecule has 1 nitrogen and oxygen atoms in total. The fourth-order valence-electron chi connectivity index (χ4n) is 1.30. The SMILES string of the molecule is Cc1c(Cl)cnc2c(Br)cccc12. The van der Waals surface area contributed by atoms with Crippen LogP contribution in [0.5, 0.6) is 0 Å². The van der Waals surface area contributed by atoms with Gasteiger partial charge in [-0.3, -0.25) is 4.98 Å². The number of pyridine rings is 1. The van der Waals surface area contributed by atoms with Gasteiger partial charge in [0.15, 0.2) is 0 Å². The number of aryl methyl sites for hydroxylation is 1. The van der Waals surface area contributed by atoms with Crippen molar-refractivity contribution in [2.24, 2.45) is 0 Å². The van der Waals surface area contributed by atoms with E-state index in [0.717, 1.165) is 20.9 Å². The molecular formula is C10H7BrClN. The summed E-state index contributed by atoms with van der Waals surface area (Å²) in [7, 11) is 0. The standard InChI is InChI=1S/C10H7BrClN/c1-6-7-3-2-4-8(11)10(7)13-5-9(6)12/h2-5H,1H3. The Morgan fingerprint density at radius 3 is 2.92 bits per heavy atom. The lowest BCUT2D eigenvalue weighted by atomic mass is 10.1. The first-order valence-corrected chi connectivity index (χ1v) is 5.06. The summed E-state index contributed by atoms with van der Waals surface area (Å²) in [5.41, 5.74) is 2.04. The van der Waals surface area contributed by atoms with Gasteiger partial charge in [0.1, 0.15) is 0 Å². The van der Waals surface area contributed by atoms with E-state index in [1.807, 2.05) is 25.1 Å². The van der Waals surface area contributed by atoms with Crippen LogP contribution in [0.15, 0.2) is 28.9 Å². The van der Waals surface area contributed by atoms with E-state index in [1.165, 1.54) is 0 Å². The van der Waals surface area contributed by atoms with Crippen molar-refractivity contribution < 1.29 is 0 Å². The van der Waals surface area contributed by atoms with E-state index in [9.17, 15) is 0 Å². The van der Waals surface area contributed by atoms with Crippen LogP contribution in [0.3, 0.4) is 0 Å². The quantitative estimate of drug-likeness (QED) is 0.695. The summed E-state index contributed by atoms with van der Waals surface area (Å²) in [6.07, 6.45) is 1.68. The molecule has 0 aliphatic rings. The second-order valence-corrected chi connectivity index (χ2v) is 4.13. The summed E-state index contributed by atoms with van der Waals surface area (Å²) in [6, 6.07) is 5.98. The molecule has 13 heavy (non-hydrogen) atoms. The van der Waals surface area contributed by atoms with Crippen molar-refractivity contribution in [2.45, 2.75) is 6.92 Å². The van der Waals surface area contributed by atoms with Gasteiger partial charge >= 0.3 is 0 Å². The zero-order chi connectivity index (χ0) is 9.42. The summed E-state index contributed by atoms with van der Waals surface area (Å²) < 4.78 is 1.00. The lowest BCUT2D eigenvalue weighted by Crippen LogP contribution is -1.84. The molecule has 0 saturated carbocycles. The lowest BCUT2D eigenvalue weighted by molar-refractivity contribution is 1.36. The Hall–Kier alpha value is -0.600. The van der Waals surface area contributed by atoms with E-state index >= 15 is 0 Å². The summed E-state index contributed by atoms with van der Waals surface area (Å²) >= 11 is 9.41. The first-order chi connectivity index (χ1) is 6.20. The first kappa shape index (κ1) is 8.97. The number of hydrogen-bond acceptors (Lipinski definition) is 1. The molecular weight excluding hydrogens is 249 g/mol. The normalized spacial score (nSPS) is 10.7. The average Bonchev–Trinajstić information content (AvgIpc) is 2.12. The van der Waals surface area contributed by atoms with Crippen molar-refractivity contribution in [3.63, 3.8) is 0 Å². The third kappa shape index (κ3) is 1.45. The highest BCUT2D eigenvalue weighted by Gasteiger charge is 2.04. The van der Waals surface area contributed by atoms with Crippen LogP contribution in [0.4, 0.5) is 0 Å². The van der Waals surface area contributed by atoms with Crippen molar-refractivity contribution >= 4 is 38.4 Å². The minimum atomic E-state index is 0.714. The number of benzene rings is 1. The predicted molar refractivity (Wildman–Crippen MR) is 59.2 cm³/mol. The molecule has 0 aliphatic carbocycles. The van der Waals surface area contributed by atoms with Gasteiger partial charge in [-0.2, -0.15) is 0 Å².